The van der Waals surface area contributed by atoms with E-state index < -0.39 is 23.6 Å². The SMILES string of the molecule is CN(CC(=O)Nc1c(Cl)cccc1Cl)C(=O)/C=C/c1cc(C(F)(F)F)ccc1Cl. The predicted octanol–water partition coefficient (Wildman–Crippen LogP) is 5.78. The van der Waals surface area contributed by atoms with E-state index in [0.29, 0.717) is 0 Å². The summed E-state index contributed by atoms with van der Waals surface area (Å²) in [6, 6.07) is 7.47. The molecule has 2 aromatic rings. The van der Waals surface area contributed by atoms with E-state index in [1.165, 1.54) is 7.05 Å². The van der Waals surface area contributed by atoms with Crippen molar-refractivity contribution in [2.75, 3.05) is 18.9 Å². The lowest BCUT2D eigenvalue weighted by molar-refractivity contribution is -0.137. The fraction of sp³-hybridized carbons (Fsp3) is 0.158. The van der Waals surface area contributed by atoms with E-state index in [1.54, 1.807) is 18.2 Å². The van der Waals surface area contributed by atoms with Gasteiger partial charge < -0.3 is 10.2 Å². The smallest absolute Gasteiger partial charge is 0.333 e. The molecule has 0 spiro atoms. The molecule has 0 saturated carbocycles. The van der Waals surface area contributed by atoms with Gasteiger partial charge in [-0.05, 0) is 42.0 Å². The minimum atomic E-state index is -4.54. The van der Waals surface area contributed by atoms with Crippen LogP contribution in [0.1, 0.15) is 11.1 Å². The number of carbonyl (C=O) groups is 2. The topological polar surface area (TPSA) is 49.4 Å². The monoisotopic (exact) mass is 464 g/mol. The first-order valence-electron chi connectivity index (χ1n) is 8.03. The van der Waals surface area contributed by atoms with Gasteiger partial charge in [-0.25, -0.2) is 0 Å². The molecule has 0 heterocycles. The molecule has 0 aromatic heterocycles. The predicted molar refractivity (Wildman–Crippen MR) is 108 cm³/mol. The van der Waals surface area contributed by atoms with Crippen LogP contribution in [0.3, 0.4) is 0 Å². The highest BCUT2D eigenvalue weighted by Gasteiger charge is 2.30. The van der Waals surface area contributed by atoms with Crippen LogP contribution in [0, 0.1) is 0 Å². The maximum atomic E-state index is 12.8. The van der Waals surface area contributed by atoms with Gasteiger partial charge in [-0.1, -0.05) is 40.9 Å². The fourth-order valence-electron chi connectivity index (χ4n) is 2.23. The van der Waals surface area contributed by atoms with E-state index in [0.717, 1.165) is 35.3 Å². The Bertz CT molecular complexity index is 942. The van der Waals surface area contributed by atoms with Crippen LogP contribution < -0.4 is 5.32 Å². The van der Waals surface area contributed by atoms with Gasteiger partial charge in [-0.2, -0.15) is 13.2 Å². The number of anilines is 1. The molecule has 2 amide bonds. The summed E-state index contributed by atoms with van der Waals surface area (Å²) in [5.74, 6) is -1.17. The van der Waals surface area contributed by atoms with E-state index in [2.05, 4.69) is 5.32 Å². The number of nitrogens with zero attached hydrogens (tertiary/aromatic N) is 1. The van der Waals surface area contributed by atoms with E-state index in [4.69, 9.17) is 34.8 Å². The van der Waals surface area contributed by atoms with Gasteiger partial charge in [0.25, 0.3) is 0 Å². The summed E-state index contributed by atoms with van der Waals surface area (Å²) in [5.41, 5.74) is -0.651. The summed E-state index contributed by atoms with van der Waals surface area (Å²) < 4.78 is 38.4. The molecule has 0 bridgehead atoms. The molecular weight excluding hydrogens is 452 g/mol. The molecule has 0 unspecified atom stereocenters. The highest BCUT2D eigenvalue weighted by molar-refractivity contribution is 6.39. The summed E-state index contributed by atoms with van der Waals surface area (Å²) in [5, 5.41) is 3.03. The van der Waals surface area contributed by atoms with Gasteiger partial charge in [0.2, 0.25) is 11.8 Å². The molecule has 0 radical (unpaired) electrons. The van der Waals surface area contributed by atoms with Crippen LogP contribution >= 0.6 is 34.8 Å². The minimum Gasteiger partial charge on any atom is -0.333 e. The van der Waals surface area contributed by atoms with Gasteiger partial charge in [-0.3, -0.25) is 9.59 Å². The second-order valence-electron chi connectivity index (χ2n) is 5.91. The lowest BCUT2D eigenvalue weighted by Crippen LogP contribution is -2.34. The minimum absolute atomic E-state index is 0.0237. The number of amides is 2. The van der Waals surface area contributed by atoms with E-state index in [1.807, 2.05) is 0 Å². The average Bonchev–Trinajstić information content (AvgIpc) is 2.62. The standard InChI is InChI=1S/C19H14Cl3F3N2O2/c1-27(10-16(28)26-18-14(21)3-2-4-15(18)22)17(29)8-5-11-9-12(19(23,24)25)6-7-13(11)20/h2-9H,10H2,1H3,(H,26,28)/b8-5+. The van der Waals surface area contributed by atoms with Crippen LogP contribution in [-0.4, -0.2) is 30.3 Å². The Morgan fingerprint density at radius 1 is 1.07 bits per heavy atom. The van der Waals surface area contributed by atoms with Crippen molar-refractivity contribution in [3.63, 3.8) is 0 Å². The van der Waals surface area contributed by atoms with Gasteiger partial charge in [0, 0.05) is 18.1 Å². The number of likely N-dealkylation sites (N-methyl/N-ethyl adjacent to an activating group) is 1. The van der Waals surface area contributed by atoms with Crippen molar-refractivity contribution >= 4 is 58.4 Å². The van der Waals surface area contributed by atoms with Crippen molar-refractivity contribution in [2.24, 2.45) is 0 Å². The molecule has 1 N–H and O–H groups in total. The quantitative estimate of drug-likeness (QED) is 0.570. The number of halogens is 6. The summed E-state index contributed by atoms with van der Waals surface area (Å²) in [6.45, 7) is -0.332. The van der Waals surface area contributed by atoms with Gasteiger partial charge in [0.05, 0.1) is 27.8 Å². The van der Waals surface area contributed by atoms with Crippen molar-refractivity contribution in [1.82, 2.24) is 4.90 Å². The van der Waals surface area contributed by atoms with Crippen LogP contribution in [0.4, 0.5) is 18.9 Å². The zero-order valence-corrected chi connectivity index (χ0v) is 17.1. The number of benzene rings is 2. The molecule has 0 fully saturated rings. The number of rotatable bonds is 5. The van der Waals surface area contributed by atoms with Crippen molar-refractivity contribution in [2.45, 2.75) is 6.18 Å². The maximum absolute atomic E-state index is 12.8. The van der Waals surface area contributed by atoms with Crippen molar-refractivity contribution < 1.29 is 22.8 Å². The van der Waals surface area contributed by atoms with Crippen molar-refractivity contribution in [3.05, 3.63) is 68.7 Å². The summed E-state index contributed by atoms with van der Waals surface area (Å²) in [7, 11) is 1.36. The van der Waals surface area contributed by atoms with Crippen molar-refractivity contribution in [1.29, 1.82) is 0 Å². The highest BCUT2D eigenvalue weighted by Crippen LogP contribution is 2.32. The summed E-state index contributed by atoms with van der Waals surface area (Å²) in [4.78, 5) is 25.4. The molecular formula is C19H14Cl3F3N2O2. The van der Waals surface area contributed by atoms with Crippen LogP contribution in [0.2, 0.25) is 15.1 Å². The molecule has 0 aliphatic heterocycles. The highest BCUT2D eigenvalue weighted by atomic mass is 35.5. The number of hydrogen-bond donors (Lipinski definition) is 1. The maximum Gasteiger partial charge on any atom is 0.416 e. The lowest BCUT2D eigenvalue weighted by atomic mass is 10.1. The van der Waals surface area contributed by atoms with Crippen molar-refractivity contribution in [3.8, 4) is 0 Å². The normalized spacial score (nSPS) is 11.6. The lowest BCUT2D eigenvalue weighted by Gasteiger charge is -2.16. The molecule has 10 heteroatoms. The second kappa shape index (κ2) is 9.52. The van der Waals surface area contributed by atoms with Crippen LogP contribution in [0.25, 0.3) is 6.08 Å². The molecule has 2 aromatic carbocycles. The zero-order chi connectivity index (χ0) is 21.8. The van der Waals surface area contributed by atoms with Gasteiger partial charge in [0.1, 0.15) is 0 Å². The fourth-order valence-corrected chi connectivity index (χ4v) is 2.90. The molecule has 0 aliphatic carbocycles. The van der Waals surface area contributed by atoms with Crippen LogP contribution in [-0.2, 0) is 15.8 Å². The third-order valence-electron chi connectivity index (χ3n) is 3.71. The number of para-hydroxylation sites is 1. The van der Waals surface area contributed by atoms with Gasteiger partial charge in [0.15, 0.2) is 0 Å². The molecule has 0 saturated heterocycles. The Labute approximate surface area is 179 Å². The second-order valence-corrected chi connectivity index (χ2v) is 7.13. The van der Waals surface area contributed by atoms with Crippen LogP contribution in [0.15, 0.2) is 42.5 Å². The third kappa shape index (κ3) is 6.39. The van der Waals surface area contributed by atoms with Gasteiger partial charge in [-0.15, -0.1) is 0 Å². The Morgan fingerprint density at radius 3 is 2.28 bits per heavy atom. The summed E-state index contributed by atoms with van der Waals surface area (Å²) in [6.07, 6.45) is -2.36. The number of carbonyl (C=O) groups excluding carboxylic acids is 2. The molecule has 154 valence electrons. The molecule has 4 nitrogen and oxygen atoms in total. The molecule has 29 heavy (non-hydrogen) atoms. The Hall–Kier alpha value is -2.22. The number of alkyl halides is 3. The Morgan fingerprint density at radius 2 is 1.69 bits per heavy atom. The average molecular weight is 466 g/mol. The molecule has 0 atom stereocenters. The van der Waals surface area contributed by atoms with Crippen LogP contribution in [0.5, 0.6) is 0 Å². The Balaban J connectivity index is 2.04. The largest absolute Gasteiger partial charge is 0.416 e. The number of hydrogen-bond acceptors (Lipinski definition) is 2. The first-order valence-corrected chi connectivity index (χ1v) is 9.16. The first-order chi connectivity index (χ1) is 13.5. The first kappa shape index (κ1) is 23.1. The zero-order valence-electron chi connectivity index (χ0n) is 14.9. The summed E-state index contributed by atoms with van der Waals surface area (Å²) >= 11 is 17.8. The number of nitrogens with one attached hydrogen (secondary N) is 1. The molecule has 2 rings (SSSR count). The van der Waals surface area contributed by atoms with E-state index in [-0.39, 0.29) is 32.9 Å². The third-order valence-corrected chi connectivity index (χ3v) is 4.69. The molecule has 0 aliphatic rings. The van der Waals surface area contributed by atoms with Gasteiger partial charge >= 0.3 is 6.18 Å². The Kier molecular flexibility index (Phi) is 7.57. The van der Waals surface area contributed by atoms with E-state index >= 15 is 0 Å². The van der Waals surface area contributed by atoms with E-state index in [9.17, 15) is 22.8 Å².